The summed E-state index contributed by atoms with van der Waals surface area (Å²) < 4.78 is 12.9. The van der Waals surface area contributed by atoms with Crippen LogP contribution in [0.3, 0.4) is 0 Å². The van der Waals surface area contributed by atoms with Gasteiger partial charge in [0.25, 0.3) is 0 Å². The molecule has 0 aliphatic rings. The van der Waals surface area contributed by atoms with Gasteiger partial charge in [-0.3, -0.25) is 0 Å². The molecular weight excluding hydrogens is 207 g/mol. The molecule has 14 heavy (non-hydrogen) atoms. The first-order chi connectivity index (χ1) is 6.57. The number of hydrogen-bond acceptors (Lipinski definition) is 3. The number of nitrogens with two attached hydrogens (primary N) is 2. The van der Waals surface area contributed by atoms with Crippen molar-refractivity contribution in [2.45, 2.75) is 12.5 Å². The van der Waals surface area contributed by atoms with Crippen molar-refractivity contribution < 1.29 is 9.50 Å². The highest BCUT2D eigenvalue weighted by atomic mass is 35.5. The molecule has 0 radical (unpaired) electrons. The zero-order chi connectivity index (χ0) is 10.7. The predicted octanol–water partition coefficient (Wildman–Crippen LogP) is 1.53. The molecule has 3 nitrogen and oxygen atoms in total. The summed E-state index contributed by atoms with van der Waals surface area (Å²) >= 11 is 5.52. The van der Waals surface area contributed by atoms with Gasteiger partial charge in [0.1, 0.15) is 16.6 Å². The van der Waals surface area contributed by atoms with Crippen LogP contribution < -0.4 is 11.5 Å². The first-order valence-corrected chi connectivity index (χ1v) is 4.58. The lowest BCUT2D eigenvalue weighted by atomic mass is 10.0. The van der Waals surface area contributed by atoms with Gasteiger partial charge in [-0.25, -0.2) is 4.39 Å². The van der Waals surface area contributed by atoms with E-state index in [1.165, 1.54) is 12.1 Å². The third kappa shape index (κ3) is 2.15. The Balaban J connectivity index is 3.04. The highest BCUT2D eigenvalue weighted by Crippen LogP contribution is 2.33. The maximum absolute atomic E-state index is 12.9. The fourth-order valence-electron chi connectivity index (χ4n) is 1.19. The molecule has 5 heteroatoms. The Kier molecular flexibility index (Phi) is 3.69. The number of halogens is 2. The number of hydrogen-bond donors (Lipinski definition) is 3. The van der Waals surface area contributed by atoms with E-state index in [0.717, 1.165) is 0 Å². The molecule has 0 aliphatic carbocycles. The fourth-order valence-corrected chi connectivity index (χ4v) is 1.36. The minimum Gasteiger partial charge on any atom is -0.506 e. The lowest BCUT2D eigenvalue weighted by Gasteiger charge is -2.13. The van der Waals surface area contributed by atoms with Gasteiger partial charge in [-0.05, 0) is 19.0 Å². The summed E-state index contributed by atoms with van der Waals surface area (Å²) in [6.07, 6.45) is 0.509. The molecule has 0 aliphatic heterocycles. The summed E-state index contributed by atoms with van der Waals surface area (Å²) in [5.41, 5.74) is 11.4. The standard InChI is InChI=1S/C9H12ClFN2O/c10-8-6(11)2-1-5(9(8)14)7(13)3-4-12/h1-2,7,14H,3-4,12-13H2/t7-/m1/s1. The van der Waals surface area contributed by atoms with Crippen molar-refractivity contribution in [3.8, 4) is 5.75 Å². The molecule has 0 unspecified atom stereocenters. The van der Waals surface area contributed by atoms with Crippen LogP contribution in [0.1, 0.15) is 18.0 Å². The average molecular weight is 219 g/mol. The SMILES string of the molecule is NCC[C@@H](N)c1ccc(F)c(Cl)c1O. The van der Waals surface area contributed by atoms with E-state index in [2.05, 4.69) is 0 Å². The van der Waals surface area contributed by atoms with Crippen LogP contribution in [0.4, 0.5) is 4.39 Å². The van der Waals surface area contributed by atoms with Gasteiger partial charge < -0.3 is 16.6 Å². The minimum atomic E-state index is -0.659. The Hall–Kier alpha value is -0.840. The predicted molar refractivity (Wildman–Crippen MR) is 53.7 cm³/mol. The highest BCUT2D eigenvalue weighted by molar-refractivity contribution is 6.32. The van der Waals surface area contributed by atoms with Crippen molar-refractivity contribution in [2.75, 3.05) is 6.54 Å². The number of rotatable bonds is 3. The van der Waals surface area contributed by atoms with Gasteiger partial charge in [0.05, 0.1) is 0 Å². The summed E-state index contributed by atoms with van der Waals surface area (Å²) in [6.45, 7) is 0.398. The zero-order valence-corrected chi connectivity index (χ0v) is 8.26. The third-order valence-electron chi connectivity index (χ3n) is 1.98. The van der Waals surface area contributed by atoms with Crippen molar-refractivity contribution in [3.63, 3.8) is 0 Å². The van der Waals surface area contributed by atoms with E-state index < -0.39 is 11.9 Å². The normalized spacial score (nSPS) is 12.9. The van der Waals surface area contributed by atoms with Gasteiger partial charge in [0, 0.05) is 11.6 Å². The molecule has 5 N–H and O–H groups in total. The molecule has 0 saturated carbocycles. The molecule has 0 aromatic heterocycles. The summed E-state index contributed by atoms with van der Waals surface area (Å²) in [4.78, 5) is 0. The lowest BCUT2D eigenvalue weighted by molar-refractivity contribution is 0.453. The van der Waals surface area contributed by atoms with Crippen LogP contribution in [-0.2, 0) is 0 Å². The van der Waals surface area contributed by atoms with Crippen molar-refractivity contribution in [2.24, 2.45) is 11.5 Å². The Morgan fingerprint density at radius 2 is 2.14 bits per heavy atom. The smallest absolute Gasteiger partial charge is 0.145 e. The van der Waals surface area contributed by atoms with Crippen molar-refractivity contribution in [3.05, 3.63) is 28.5 Å². The second-order valence-corrected chi connectivity index (χ2v) is 3.36. The Bertz CT molecular complexity index is 333. The first kappa shape index (κ1) is 11.2. The summed E-state index contributed by atoms with van der Waals surface area (Å²) in [5.74, 6) is -0.958. The van der Waals surface area contributed by atoms with Gasteiger partial charge in [-0.15, -0.1) is 0 Å². The van der Waals surface area contributed by atoms with Crippen LogP contribution in [0.5, 0.6) is 5.75 Å². The maximum Gasteiger partial charge on any atom is 0.145 e. The molecule has 0 heterocycles. The molecule has 1 rings (SSSR count). The molecule has 78 valence electrons. The van der Waals surface area contributed by atoms with Gasteiger partial charge in [-0.2, -0.15) is 0 Å². The quantitative estimate of drug-likeness (QED) is 0.721. The number of aromatic hydroxyl groups is 1. The van der Waals surface area contributed by atoms with Crippen LogP contribution in [0.2, 0.25) is 5.02 Å². The van der Waals surface area contributed by atoms with Crippen LogP contribution in [0, 0.1) is 5.82 Å². The zero-order valence-electron chi connectivity index (χ0n) is 7.50. The molecule has 1 atom stereocenters. The molecule has 0 bridgehead atoms. The molecule has 1 aromatic carbocycles. The minimum absolute atomic E-state index is 0.296. The van der Waals surface area contributed by atoms with E-state index in [1.54, 1.807) is 0 Å². The highest BCUT2D eigenvalue weighted by Gasteiger charge is 2.15. The fraction of sp³-hybridized carbons (Fsp3) is 0.333. The summed E-state index contributed by atoms with van der Waals surface area (Å²) in [5, 5.41) is 9.19. The lowest BCUT2D eigenvalue weighted by Crippen LogP contribution is -2.15. The second-order valence-electron chi connectivity index (χ2n) is 2.98. The van der Waals surface area contributed by atoms with Gasteiger partial charge in [-0.1, -0.05) is 17.7 Å². The van der Waals surface area contributed by atoms with E-state index >= 15 is 0 Å². The molecular formula is C9H12ClFN2O. The largest absolute Gasteiger partial charge is 0.506 e. The van der Waals surface area contributed by atoms with Crippen molar-refractivity contribution >= 4 is 11.6 Å². The average Bonchev–Trinajstić information content (AvgIpc) is 2.15. The Morgan fingerprint density at radius 1 is 1.50 bits per heavy atom. The molecule has 0 amide bonds. The van der Waals surface area contributed by atoms with Crippen LogP contribution in [0.15, 0.2) is 12.1 Å². The van der Waals surface area contributed by atoms with E-state index in [0.29, 0.717) is 18.5 Å². The van der Waals surface area contributed by atoms with E-state index in [1.807, 2.05) is 0 Å². The number of phenols is 1. The van der Waals surface area contributed by atoms with Crippen molar-refractivity contribution in [1.29, 1.82) is 0 Å². The number of phenolic OH excluding ortho intramolecular Hbond substituents is 1. The molecule has 0 spiro atoms. The third-order valence-corrected chi connectivity index (χ3v) is 2.34. The molecule has 0 fully saturated rings. The van der Waals surface area contributed by atoms with Gasteiger partial charge in [0.15, 0.2) is 0 Å². The van der Waals surface area contributed by atoms with Crippen LogP contribution in [0.25, 0.3) is 0 Å². The Labute approximate surface area is 86.5 Å². The maximum atomic E-state index is 12.9. The van der Waals surface area contributed by atoms with Gasteiger partial charge in [0.2, 0.25) is 0 Å². The monoisotopic (exact) mass is 218 g/mol. The van der Waals surface area contributed by atoms with E-state index in [4.69, 9.17) is 23.1 Å². The topological polar surface area (TPSA) is 72.3 Å². The second kappa shape index (κ2) is 4.59. The van der Waals surface area contributed by atoms with E-state index in [-0.39, 0.29) is 10.8 Å². The summed E-state index contributed by atoms with van der Waals surface area (Å²) in [7, 11) is 0. The summed E-state index contributed by atoms with van der Waals surface area (Å²) in [6, 6.07) is 2.17. The van der Waals surface area contributed by atoms with E-state index in [9.17, 15) is 9.50 Å². The van der Waals surface area contributed by atoms with Crippen molar-refractivity contribution in [1.82, 2.24) is 0 Å². The number of benzene rings is 1. The first-order valence-electron chi connectivity index (χ1n) is 4.20. The molecule has 1 aromatic rings. The van der Waals surface area contributed by atoms with Crippen LogP contribution in [-0.4, -0.2) is 11.7 Å². The van der Waals surface area contributed by atoms with Gasteiger partial charge >= 0.3 is 0 Å². The Morgan fingerprint density at radius 3 is 2.71 bits per heavy atom. The van der Waals surface area contributed by atoms with Crippen LogP contribution >= 0.6 is 11.6 Å². The molecule has 0 saturated heterocycles.